The molecule has 0 unspecified atom stereocenters. The molecule has 0 spiro atoms. The van der Waals surface area contributed by atoms with E-state index in [1.807, 2.05) is 30.3 Å². The number of hydrazine groups is 1. The van der Waals surface area contributed by atoms with Crippen molar-refractivity contribution >= 4 is 45.9 Å². The quantitative estimate of drug-likeness (QED) is 0.617. The number of aromatic nitrogens is 1. The smallest absolute Gasteiger partial charge is 0.273 e. The molecule has 0 fully saturated rings. The van der Waals surface area contributed by atoms with Crippen molar-refractivity contribution in [3.63, 3.8) is 0 Å². The molecule has 0 radical (unpaired) electrons. The third-order valence-corrected chi connectivity index (χ3v) is 5.11. The average Bonchev–Trinajstić information content (AvgIpc) is 2.78. The van der Waals surface area contributed by atoms with Gasteiger partial charge < -0.3 is 0 Å². The van der Waals surface area contributed by atoms with Crippen molar-refractivity contribution in [2.45, 2.75) is 12.8 Å². The van der Waals surface area contributed by atoms with Crippen LogP contribution in [0.15, 0.2) is 59.7 Å². The summed E-state index contributed by atoms with van der Waals surface area (Å²) in [6.07, 6.45) is 0.403. The van der Waals surface area contributed by atoms with Crippen LogP contribution in [0, 0.1) is 0 Å². The molecule has 1 aliphatic heterocycles. The summed E-state index contributed by atoms with van der Waals surface area (Å²) in [5, 5.41) is 6.31. The Bertz CT molecular complexity index is 1220. The maximum Gasteiger partial charge on any atom is 0.285 e. The largest absolute Gasteiger partial charge is 0.285 e. The Morgan fingerprint density at radius 2 is 1.71 bits per heavy atom. The molecule has 0 atom stereocenters. The Kier molecular flexibility index (Phi) is 5.64. The zero-order valence-electron chi connectivity index (χ0n) is 16.6. The number of amides is 3. The molecule has 0 bridgehead atoms. The van der Waals surface area contributed by atoms with Crippen molar-refractivity contribution in [2.24, 2.45) is 5.10 Å². The monoisotopic (exact) mass is 435 g/mol. The van der Waals surface area contributed by atoms with Gasteiger partial charge in [-0.3, -0.25) is 25.2 Å². The lowest BCUT2D eigenvalue weighted by Crippen LogP contribution is -2.46. The summed E-state index contributed by atoms with van der Waals surface area (Å²) in [7, 11) is 1.48. The molecular weight excluding hydrogens is 418 g/mol. The number of hydrogen-bond donors (Lipinski definition) is 2. The van der Waals surface area contributed by atoms with Gasteiger partial charge in [-0.05, 0) is 24.3 Å². The lowest BCUT2D eigenvalue weighted by Gasteiger charge is -2.19. The molecule has 2 heterocycles. The van der Waals surface area contributed by atoms with Crippen LogP contribution in [-0.2, 0) is 9.59 Å². The first kappa shape index (κ1) is 20.5. The van der Waals surface area contributed by atoms with Crippen LogP contribution in [0.5, 0.6) is 0 Å². The van der Waals surface area contributed by atoms with Crippen LogP contribution in [0.3, 0.4) is 0 Å². The molecular formula is C22H18ClN5O3. The molecule has 31 heavy (non-hydrogen) atoms. The number of carbonyl (C=O) groups is 3. The molecule has 1 aliphatic rings. The lowest BCUT2D eigenvalue weighted by atomic mass is 10.0. The number of nitrogens with zero attached hydrogens (tertiary/aromatic N) is 3. The van der Waals surface area contributed by atoms with Gasteiger partial charge in [0.25, 0.3) is 11.8 Å². The predicted octanol–water partition coefficient (Wildman–Crippen LogP) is 2.92. The summed E-state index contributed by atoms with van der Waals surface area (Å²) < 4.78 is 0. The minimum Gasteiger partial charge on any atom is -0.273 e. The van der Waals surface area contributed by atoms with Crippen molar-refractivity contribution in [3.8, 4) is 11.3 Å². The van der Waals surface area contributed by atoms with E-state index in [1.165, 1.54) is 7.05 Å². The highest BCUT2D eigenvalue weighted by Gasteiger charge is 2.22. The second-order valence-electron chi connectivity index (χ2n) is 6.95. The van der Waals surface area contributed by atoms with Gasteiger partial charge in [-0.1, -0.05) is 41.9 Å². The predicted molar refractivity (Wildman–Crippen MR) is 117 cm³/mol. The van der Waals surface area contributed by atoms with Crippen LogP contribution in [0.25, 0.3) is 22.2 Å². The first-order chi connectivity index (χ1) is 14.9. The molecule has 0 saturated heterocycles. The Balaban J connectivity index is 1.60. The van der Waals surface area contributed by atoms with Gasteiger partial charge in [0.05, 0.1) is 16.8 Å². The number of benzene rings is 2. The van der Waals surface area contributed by atoms with Gasteiger partial charge in [0.2, 0.25) is 5.91 Å². The van der Waals surface area contributed by atoms with E-state index in [0.717, 1.165) is 10.6 Å². The SMILES string of the molecule is CN1N=C(C(=O)NNC(=O)c2cc(-c3ccc(Cl)cc3)nc3ccccc23)CCC1=O. The van der Waals surface area contributed by atoms with Gasteiger partial charge in [-0.2, -0.15) is 5.10 Å². The first-order valence-corrected chi connectivity index (χ1v) is 9.90. The Labute approximate surface area is 182 Å². The maximum atomic E-state index is 12.9. The fourth-order valence-electron chi connectivity index (χ4n) is 3.22. The molecule has 2 aromatic carbocycles. The van der Waals surface area contributed by atoms with Gasteiger partial charge in [0, 0.05) is 35.9 Å². The molecule has 0 aliphatic carbocycles. The minimum atomic E-state index is -0.566. The van der Waals surface area contributed by atoms with Gasteiger partial charge >= 0.3 is 0 Å². The summed E-state index contributed by atoms with van der Waals surface area (Å²) in [4.78, 5) is 41.4. The third kappa shape index (κ3) is 4.39. The Morgan fingerprint density at radius 1 is 1.00 bits per heavy atom. The summed E-state index contributed by atoms with van der Waals surface area (Å²) in [5.74, 6) is -1.23. The number of fused-ring (bicyclic) bond motifs is 1. The fourth-order valence-corrected chi connectivity index (χ4v) is 3.34. The van der Waals surface area contributed by atoms with Crippen molar-refractivity contribution in [3.05, 3.63) is 65.2 Å². The highest BCUT2D eigenvalue weighted by atomic mass is 35.5. The average molecular weight is 436 g/mol. The summed E-state index contributed by atoms with van der Waals surface area (Å²) in [5.41, 5.74) is 7.37. The number of nitrogens with one attached hydrogen (secondary N) is 2. The van der Waals surface area contributed by atoms with Crippen LogP contribution in [-0.4, -0.2) is 40.5 Å². The second kappa shape index (κ2) is 8.53. The minimum absolute atomic E-state index is 0.168. The molecule has 3 aromatic rings. The van der Waals surface area contributed by atoms with Crippen LogP contribution >= 0.6 is 11.6 Å². The number of halogens is 1. The van der Waals surface area contributed by atoms with E-state index < -0.39 is 11.8 Å². The topological polar surface area (TPSA) is 104 Å². The van der Waals surface area contributed by atoms with E-state index >= 15 is 0 Å². The van der Waals surface area contributed by atoms with E-state index in [4.69, 9.17) is 11.6 Å². The molecule has 2 N–H and O–H groups in total. The van der Waals surface area contributed by atoms with E-state index in [0.29, 0.717) is 27.2 Å². The molecule has 4 rings (SSSR count). The van der Waals surface area contributed by atoms with E-state index in [9.17, 15) is 14.4 Å². The standard InChI is InChI=1S/C22H18ClN5O3/c1-28-20(29)11-10-18(27-28)22(31)26-25-21(30)16-12-19(13-6-8-14(23)9-7-13)24-17-5-3-2-4-15(16)17/h2-9,12H,10-11H2,1H3,(H,25,30)(H,26,31). The van der Waals surface area contributed by atoms with Crippen LogP contribution in [0.4, 0.5) is 0 Å². The molecule has 9 heteroatoms. The maximum absolute atomic E-state index is 12.9. The first-order valence-electron chi connectivity index (χ1n) is 9.53. The lowest BCUT2D eigenvalue weighted by molar-refractivity contribution is -0.130. The zero-order chi connectivity index (χ0) is 22.0. The van der Waals surface area contributed by atoms with Crippen molar-refractivity contribution in [2.75, 3.05) is 7.05 Å². The fraction of sp³-hybridized carbons (Fsp3) is 0.136. The van der Waals surface area contributed by atoms with Crippen LogP contribution in [0.2, 0.25) is 5.02 Å². The summed E-state index contributed by atoms with van der Waals surface area (Å²) in [6, 6.07) is 16.1. The second-order valence-corrected chi connectivity index (χ2v) is 7.39. The number of para-hydroxylation sites is 1. The van der Waals surface area contributed by atoms with Gasteiger partial charge in [-0.15, -0.1) is 0 Å². The number of carbonyl (C=O) groups excluding carboxylic acids is 3. The Morgan fingerprint density at radius 3 is 2.45 bits per heavy atom. The van der Waals surface area contributed by atoms with Crippen molar-refractivity contribution in [1.82, 2.24) is 20.8 Å². The van der Waals surface area contributed by atoms with Crippen molar-refractivity contribution in [1.29, 1.82) is 0 Å². The van der Waals surface area contributed by atoms with Crippen LogP contribution < -0.4 is 10.9 Å². The zero-order valence-corrected chi connectivity index (χ0v) is 17.3. The van der Waals surface area contributed by atoms with E-state index in [2.05, 4.69) is 20.9 Å². The number of rotatable bonds is 3. The highest BCUT2D eigenvalue weighted by Crippen LogP contribution is 2.25. The molecule has 156 valence electrons. The van der Waals surface area contributed by atoms with Crippen molar-refractivity contribution < 1.29 is 14.4 Å². The molecule has 3 amide bonds. The van der Waals surface area contributed by atoms with Gasteiger partial charge in [0.15, 0.2) is 0 Å². The normalized spacial score (nSPS) is 13.7. The van der Waals surface area contributed by atoms with Crippen LogP contribution in [0.1, 0.15) is 23.2 Å². The highest BCUT2D eigenvalue weighted by molar-refractivity contribution is 6.39. The molecule has 0 saturated carbocycles. The third-order valence-electron chi connectivity index (χ3n) is 4.86. The molecule has 8 nitrogen and oxygen atoms in total. The van der Waals surface area contributed by atoms with E-state index in [1.54, 1.807) is 24.3 Å². The summed E-state index contributed by atoms with van der Waals surface area (Å²) >= 11 is 5.97. The van der Waals surface area contributed by atoms with E-state index in [-0.39, 0.29) is 24.5 Å². The van der Waals surface area contributed by atoms with Gasteiger partial charge in [-0.25, -0.2) is 9.99 Å². The van der Waals surface area contributed by atoms with Gasteiger partial charge in [0.1, 0.15) is 5.71 Å². The molecule has 1 aromatic heterocycles. The summed E-state index contributed by atoms with van der Waals surface area (Å²) in [6.45, 7) is 0. The number of hydrazone groups is 1. The number of pyridine rings is 1. The number of hydrogen-bond acceptors (Lipinski definition) is 5. The Hall–Kier alpha value is -3.78.